The molecule has 0 bridgehead atoms. The minimum absolute atomic E-state index is 0.0358. The van der Waals surface area contributed by atoms with Gasteiger partial charge in [-0.3, -0.25) is 14.4 Å². The van der Waals surface area contributed by atoms with Crippen molar-refractivity contribution >= 4 is 40.7 Å². The van der Waals surface area contributed by atoms with E-state index in [0.717, 1.165) is 4.90 Å². The molecule has 2 atom stereocenters. The Labute approximate surface area is 181 Å². The summed E-state index contributed by atoms with van der Waals surface area (Å²) in [5.74, 6) is -3.72. The first kappa shape index (κ1) is 21.4. The number of rotatable bonds is 3. The van der Waals surface area contributed by atoms with Gasteiger partial charge in [-0.15, -0.1) is 0 Å². The number of amides is 3. The van der Waals surface area contributed by atoms with Crippen LogP contribution in [-0.2, 0) is 4.79 Å². The average molecular weight is 451 g/mol. The highest BCUT2D eigenvalue weighted by molar-refractivity contribution is 6.40. The van der Waals surface area contributed by atoms with Crippen LogP contribution in [0.1, 0.15) is 46.4 Å². The summed E-state index contributed by atoms with van der Waals surface area (Å²) in [6.45, 7) is 0. The van der Waals surface area contributed by atoms with E-state index in [0.29, 0.717) is 12.8 Å². The van der Waals surface area contributed by atoms with Gasteiger partial charge in [0.25, 0.3) is 11.8 Å². The number of nitrogens with one attached hydrogen (secondary N) is 1. The lowest BCUT2D eigenvalue weighted by Gasteiger charge is -2.29. The number of hydrogen-bond acceptors (Lipinski definition) is 3. The molecule has 31 heavy (non-hydrogen) atoms. The van der Waals surface area contributed by atoms with Gasteiger partial charge in [0.15, 0.2) is 0 Å². The number of benzene rings is 2. The fourth-order valence-corrected chi connectivity index (χ4v) is 4.41. The van der Waals surface area contributed by atoms with Crippen LogP contribution in [0.15, 0.2) is 42.5 Å². The first-order valence-corrected chi connectivity index (χ1v) is 10.2. The maximum atomic E-state index is 13.0. The van der Waals surface area contributed by atoms with Crippen LogP contribution >= 0.6 is 11.6 Å². The fourth-order valence-electron chi connectivity index (χ4n) is 4.14. The minimum Gasteiger partial charge on any atom is -0.326 e. The summed E-state index contributed by atoms with van der Waals surface area (Å²) in [5.41, 5.74) is 1.00. The molecular formula is C22H18ClF3N2O3. The van der Waals surface area contributed by atoms with E-state index in [-0.39, 0.29) is 40.4 Å². The molecule has 1 aliphatic carbocycles. The third kappa shape index (κ3) is 4.04. The Morgan fingerprint density at radius 2 is 1.68 bits per heavy atom. The largest absolute Gasteiger partial charge is 0.391 e. The molecule has 2 unspecified atom stereocenters. The Balaban J connectivity index is 1.49. The molecule has 1 aliphatic heterocycles. The van der Waals surface area contributed by atoms with Crippen LogP contribution in [0.5, 0.6) is 0 Å². The third-order valence-corrected chi connectivity index (χ3v) is 6.06. The van der Waals surface area contributed by atoms with E-state index in [4.69, 9.17) is 11.6 Å². The van der Waals surface area contributed by atoms with Crippen molar-refractivity contribution < 1.29 is 27.6 Å². The Hall–Kier alpha value is -2.87. The Morgan fingerprint density at radius 3 is 2.26 bits per heavy atom. The molecule has 0 radical (unpaired) electrons. The molecule has 0 aromatic heterocycles. The standard InChI is InChI=1S/C22H18ClF3N2O3/c23-17-11-14(27-19(29)12-4-3-5-13(10-12)22(24,25)26)8-9-18(17)28-20(30)15-6-1-2-7-16(15)21(28)31/h1-2,6-9,11-13H,3-5,10H2,(H,27,29). The lowest BCUT2D eigenvalue weighted by Crippen LogP contribution is -2.34. The molecule has 0 spiro atoms. The summed E-state index contributed by atoms with van der Waals surface area (Å²) in [6, 6.07) is 10.7. The highest BCUT2D eigenvalue weighted by Crippen LogP contribution is 2.40. The highest BCUT2D eigenvalue weighted by atomic mass is 35.5. The number of hydrogen-bond donors (Lipinski definition) is 1. The van der Waals surface area contributed by atoms with E-state index in [1.165, 1.54) is 18.2 Å². The van der Waals surface area contributed by atoms with Gasteiger partial charge in [-0.25, -0.2) is 4.90 Å². The quantitative estimate of drug-likeness (QED) is 0.632. The summed E-state index contributed by atoms with van der Waals surface area (Å²) in [5, 5.41) is 2.66. The molecule has 5 nitrogen and oxygen atoms in total. The number of halogens is 4. The second-order valence-electron chi connectivity index (χ2n) is 7.75. The second kappa shape index (κ2) is 8.00. The van der Waals surface area contributed by atoms with Crippen LogP contribution < -0.4 is 10.2 Å². The molecule has 162 valence electrons. The molecule has 2 aromatic rings. The van der Waals surface area contributed by atoms with Crippen LogP contribution in [0.2, 0.25) is 5.02 Å². The first-order valence-electron chi connectivity index (χ1n) is 9.81. The predicted molar refractivity (Wildman–Crippen MR) is 109 cm³/mol. The average Bonchev–Trinajstić information content (AvgIpc) is 2.98. The molecule has 1 fully saturated rings. The van der Waals surface area contributed by atoms with E-state index in [9.17, 15) is 27.6 Å². The molecule has 1 heterocycles. The van der Waals surface area contributed by atoms with Crippen LogP contribution in [-0.4, -0.2) is 23.9 Å². The van der Waals surface area contributed by atoms with E-state index in [1.54, 1.807) is 24.3 Å². The van der Waals surface area contributed by atoms with Gasteiger partial charge in [-0.2, -0.15) is 13.2 Å². The SMILES string of the molecule is O=C(Nc1ccc(N2C(=O)c3ccccc3C2=O)c(Cl)c1)C1CCCC(C(F)(F)F)C1. The summed E-state index contributed by atoms with van der Waals surface area (Å²) in [6.07, 6.45) is -3.79. The van der Waals surface area contributed by atoms with E-state index >= 15 is 0 Å². The zero-order chi connectivity index (χ0) is 22.3. The van der Waals surface area contributed by atoms with Gasteiger partial charge in [-0.05, 0) is 49.6 Å². The monoisotopic (exact) mass is 450 g/mol. The number of alkyl halides is 3. The lowest BCUT2D eigenvalue weighted by atomic mass is 9.80. The maximum Gasteiger partial charge on any atom is 0.391 e. The molecular weight excluding hydrogens is 433 g/mol. The van der Waals surface area contributed by atoms with Gasteiger partial charge in [0, 0.05) is 11.6 Å². The topological polar surface area (TPSA) is 66.5 Å². The van der Waals surface area contributed by atoms with E-state index in [2.05, 4.69) is 5.32 Å². The first-order chi connectivity index (χ1) is 14.7. The van der Waals surface area contributed by atoms with Gasteiger partial charge in [0.1, 0.15) is 0 Å². The molecule has 1 N–H and O–H groups in total. The van der Waals surface area contributed by atoms with Crippen LogP contribution in [0.3, 0.4) is 0 Å². The van der Waals surface area contributed by atoms with Gasteiger partial charge >= 0.3 is 6.18 Å². The summed E-state index contributed by atoms with van der Waals surface area (Å²) in [7, 11) is 0. The number of carbonyl (C=O) groups excluding carboxylic acids is 3. The van der Waals surface area contributed by atoms with Crippen molar-refractivity contribution in [3.63, 3.8) is 0 Å². The summed E-state index contributed by atoms with van der Waals surface area (Å²) < 4.78 is 39.0. The fraction of sp³-hybridized carbons (Fsp3) is 0.318. The molecule has 2 aliphatic rings. The molecule has 0 saturated heterocycles. The molecule has 9 heteroatoms. The van der Waals surface area contributed by atoms with Crippen molar-refractivity contribution in [2.24, 2.45) is 11.8 Å². The normalized spacial score (nSPS) is 21.2. The van der Waals surface area contributed by atoms with E-state index < -0.39 is 35.7 Å². The Bertz CT molecular complexity index is 1040. The Morgan fingerprint density at radius 1 is 1.03 bits per heavy atom. The Kier molecular flexibility index (Phi) is 5.51. The second-order valence-corrected chi connectivity index (χ2v) is 8.16. The van der Waals surface area contributed by atoms with Crippen molar-refractivity contribution in [2.75, 3.05) is 10.2 Å². The number of nitrogens with zero attached hydrogens (tertiary/aromatic N) is 1. The molecule has 1 saturated carbocycles. The van der Waals surface area contributed by atoms with Crippen LogP contribution in [0.4, 0.5) is 24.5 Å². The van der Waals surface area contributed by atoms with Crippen LogP contribution in [0, 0.1) is 11.8 Å². The van der Waals surface area contributed by atoms with Crippen molar-refractivity contribution in [3.8, 4) is 0 Å². The van der Waals surface area contributed by atoms with Crippen molar-refractivity contribution in [1.29, 1.82) is 0 Å². The summed E-state index contributed by atoms with van der Waals surface area (Å²) >= 11 is 6.29. The van der Waals surface area contributed by atoms with Crippen molar-refractivity contribution in [1.82, 2.24) is 0 Å². The number of anilines is 2. The molecule has 2 aromatic carbocycles. The van der Waals surface area contributed by atoms with E-state index in [1.807, 2.05) is 0 Å². The van der Waals surface area contributed by atoms with Crippen molar-refractivity contribution in [3.05, 3.63) is 58.6 Å². The number of fused-ring (bicyclic) bond motifs is 1. The zero-order valence-electron chi connectivity index (χ0n) is 16.2. The van der Waals surface area contributed by atoms with Gasteiger partial charge in [0.2, 0.25) is 5.91 Å². The van der Waals surface area contributed by atoms with Crippen LogP contribution in [0.25, 0.3) is 0 Å². The van der Waals surface area contributed by atoms with Crippen molar-refractivity contribution in [2.45, 2.75) is 31.9 Å². The van der Waals surface area contributed by atoms with Gasteiger partial charge in [0.05, 0.1) is 27.8 Å². The minimum atomic E-state index is -4.31. The number of imide groups is 1. The lowest BCUT2D eigenvalue weighted by molar-refractivity contribution is -0.185. The highest BCUT2D eigenvalue weighted by Gasteiger charge is 2.43. The molecule has 4 rings (SSSR count). The van der Waals surface area contributed by atoms with Gasteiger partial charge < -0.3 is 5.32 Å². The zero-order valence-corrected chi connectivity index (χ0v) is 17.0. The predicted octanol–water partition coefficient (Wildman–Crippen LogP) is 5.45. The maximum absolute atomic E-state index is 13.0. The van der Waals surface area contributed by atoms with Gasteiger partial charge in [-0.1, -0.05) is 30.2 Å². The smallest absolute Gasteiger partial charge is 0.326 e. The third-order valence-electron chi connectivity index (χ3n) is 5.76. The summed E-state index contributed by atoms with van der Waals surface area (Å²) in [4.78, 5) is 38.7. The number of carbonyl (C=O) groups is 3. The molecule has 3 amide bonds.